The van der Waals surface area contributed by atoms with Crippen LogP contribution < -0.4 is 5.32 Å². The lowest BCUT2D eigenvalue weighted by Gasteiger charge is -2.16. The molecule has 20 heavy (non-hydrogen) atoms. The second-order valence-electron chi connectivity index (χ2n) is 4.52. The van der Waals surface area contributed by atoms with E-state index < -0.39 is 0 Å². The fraction of sp³-hybridized carbons (Fsp3) is 0.250. The van der Waals surface area contributed by atoms with Gasteiger partial charge in [0.25, 0.3) is 0 Å². The summed E-state index contributed by atoms with van der Waals surface area (Å²) in [6.45, 7) is 0. The van der Waals surface area contributed by atoms with Crippen LogP contribution in [0.4, 0.5) is 8.78 Å². The average Bonchev–Trinajstić information content (AvgIpc) is 2.47. The number of likely N-dealkylation sites (N-methyl/N-ethyl adjacent to an activating group) is 1. The van der Waals surface area contributed by atoms with Crippen LogP contribution in [0.2, 0.25) is 0 Å². The SMILES string of the molecule is CNC(CSc1ccccc1F)Cc1ccccc1F. The summed E-state index contributed by atoms with van der Waals surface area (Å²) in [5.74, 6) is 0.285. The Morgan fingerprint density at radius 3 is 2.30 bits per heavy atom. The molecule has 0 saturated carbocycles. The zero-order chi connectivity index (χ0) is 14.4. The number of hydrogen-bond acceptors (Lipinski definition) is 2. The Hall–Kier alpha value is -1.39. The van der Waals surface area contributed by atoms with Crippen molar-refractivity contribution in [2.24, 2.45) is 0 Å². The molecule has 0 saturated heterocycles. The van der Waals surface area contributed by atoms with Crippen molar-refractivity contribution in [3.05, 3.63) is 65.7 Å². The Bertz CT molecular complexity index is 560. The third kappa shape index (κ3) is 4.05. The molecule has 1 nitrogen and oxygen atoms in total. The van der Waals surface area contributed by atoms with Crippen molar-refractivity contribution in [2.75, 3.05) is 12.8 Å². The zero-order valence-corrected chi connectivity index (χ0v) is 12.1. The highest BCUT2D eigenvalue weighted by atomic mass is 32.2. The molecule has 0 amide bonds. The van der Waals surface area contributed by atoms with E-state index in [9.17, 15) is 8.78 Å². The summed E-state index contributed by atoms with van der Waals surface area (Å²) in [6.07, 6.45) is 0.588. The minimum atomic E-state index is -0.210. The molecule has 106 valence electrons. The van der Waals surface area contributed by atoms with Crippen LogP contribution in [0.15, 0.2) is 53.4 Å². The van der Waals surface area contributed by atoms with E-state index in [0.717, 1.165) is 0 Å². The predicted molar refractivity (Wildman–Crippen MR) is 80.1 cm³/mol. The van der Waals surface area contributed by atoms with Crippen molar-refractivity contribution in [3.63, 3.8) is 0 Å². The molecule has 0 aliphatic rings. The van der Waals surface area contributed by atoms with Gasteiger partial charge in [0, 0.05) is 16.7 Å². The molecule has 1 atom stereocenters. The Morgan fingerprint density at radius 1 is 1.00 bits per heavy atom. The molecule has 2 aromatic rings. The zero-order valence-electron chi connectivity index (χ0n) is 11.3. The molecule has 0 heterocycles. The highest BCUT2D eigenvalue weighted by Gasteiger charge is 2.12. The first-order valence-corrected chi connectivity index (χ1v) is 7.47. The normalized spacial score (nSPS) is 12.3. The maximum Gasteiger partial charge on any atom is 0.136 e. The van der Waals surface area contributed by atoms with Gasteiger partial charge in [0.05, 0.1) is 0 Å². The van der Waals surface area contributed by atoms with Gasteiger partial charge in [0.15, 0.2) is 0 Å². The second-order valence-corrected chi connectivity index (χ2v) is 5.58. The van der Waals surface area contributed by atoms with Crippen LogP contribution in [0.5, 0.6) is 0 Å². The molecule has 2 aromatic carbocycles. The highest BCUT2D eigenvalue weighted by Crippen LogP contribution is 2.23. The van der Waals surface area contributed by atoms with Crippen LogP contribution in [0, 0.1) is 11.6 Å². The van der Waals surface area contributed by atoms with Crippen molar-refractivity contribution in [1.29, 1.82) is 0 Å². The van der Waals surface area contributed by atoms with Gasteiger partial charge >= 0.3 is 0 Å². The van der Waals surface area contributed by atoms with Crippen LogP contribution in [-0.2, 0) is 6.42 Å². The summed E-state index contributed by atoms with van der Waals surface area (Å²) in [5, 5.41) is 3.16. The molecular formula is C16H17F2NS. The first kappa shape index (κ1) is 15.0. The summed E-state index contributed by atoms with van der Waals surface area (Å²) < 4.78 is 27.2. The van der Waals surface area contributed by atoms with E-state index in [1.165, 1.54) is 23.9 Å². The molecule has 0 aromatic heterocycles. The minimum absolute atomic E-state index is 0.0940. The highest BCUT2D eigenvalue weighted by molar-refractivity contribution is 7.99. The van der Waals surface area contributed by atoms with Gasteiger partial charge in [-0.15, -0.1) is 11.8 Å². The summed E-state index contributed by atoms with van der Waals surface area (Å²) >= 11 is 1.44. The summed E-state index contributed by atoms with van der Waals surface area (Å²) in [4.78, 5) is 0.626. The van der Waals surface area contributed by atoms with Crippen LogP contribution >= 0.6 is 11.8 Å². The third-order valence-electron chi connectivity index (χ3n) is 3.11. The van der Waals surface area contributed by atoms with Crippen molar-refractivity contribution in [1.82, 2.24) is 5.32 Å². The van der Waals surface area contributed by atoms with E-state index >= 15 is 0 Å². The van der Waals surface area contributed by atoms with E-state index in [2.05, 4.69) is 5.32 Å². The van der Waals surface area contributed by atoms with Crippen LogP contribution in [0.1, 0.15) is 5.56 Å². The maximum absolute atomic E-state index is 13.6. The average molecular weight is 293 g/mol. The van der Waals surface area contributed by atoms with Gasteiger partial charge in [-0.05, 0) is 37.2 Å². The van der Waals surface area contributed by atoms with Gasteiger partial charge in [-0.3, -0.25) is 0 Å². The quantitative estimate of drug-likeness (QED) is 0.811. The molecule has 0 bridgehead atoms. The Kier molecular flexibility index (Phi) is 5.56. The summed E-state index contributed by atoms with van der Waals surface area (Å²) in [7, 11) is 1.84. The number of halogens is 2. The van der Waals surface area contributed by atoms with Crippen LogP contribution in [0.3, 0.4) is 0 Å². The molecule has 4 heteroatoms. The molecule has 0 radical (unpaired) electrons. The molecule has 0 spiro atoms. The lowest BCUT2D eigenvalue weighted by molar-refractivity contribution is 0.567. The monoisotopic (exact) mass is 293 g/mol. The molecule has 2 rings (SSSR count). The summed E-state index contributed by atoms with van der Waals surface area (Å²) in [5.41, 5.74) is 0.681. The van der Waals surface area contributed by atoms with Gasteiger partial charge in [0.1, 0.15) is 11.6 Å². The van der Waals surface area contributed by atoms with Gasteiger partial charge < -0.3 is 5.32 Å². The maximum atomic E-state index is 13.6. The second kappa shape index (κ2) is 7.41. The lowest BCUT2D eigenvalue weighted by Crippen LogP contribution is -2.30. The predicted octanol–water partition coefficient (Wildman–Crippen LogP) is 3.89. The molecule has 0 aliphatic carbocycles. The number of rotatable bonds is 6. The number of nitrogens with one attached hydrogen (secondary N) is 1. The Labute approximate surface area is 122 Å². The standard InChI is InChI=1S/C16H17F2NS/c1-19-13(10-12-6-2-3-7-14(12)17)11-20-16-9-5-4-8-15(16)18/h2-9,13,19H,10-11H2,1H3. The largest absolute Gasteiger partial charge is 0.316 e. The minimum Gasteiger partial charge on any atom is -0.316 e. The first-order valence-electron chi connectivity index (χ1n) is 6.48. The third-order valence-corrected chi connectivity index (χ3v) is 4.32. The van der Waals surface area contributed by atoms with Crippen LogP contribution in [-0.4, -0.2) is 18.8 Å². The topological polar surface area (TPSA) is 12.0 Å². The fourth-order valence-electron chi connectivity index (χ4n) is 1.93. The smallest absolute Gasteiger partial charge is 0.136 e. The van der Waals surface area contributed by atoms with E-state index in [-0.39, 0.29) is 17.7 Å². The van der Waals surface area contributed by atoms with Crippen molar-refractivity contribution in [2.45, 2.75) is 17.4 Å². The van der Waals surface area contributed by atoms with Gasteiger partial charge in [-0.1, -0.05) is 30.3 Å². The first-order chi connectivity index (χ1) is 9.70. The molecule has 0 fully saturated rings. The van der Waals surface area contributed by atoms with Crippen molar-refractivity contribution < 1.29 is 8.78 Å². The lowest BCUT2D eigenvalue weighted by atomic mass is 10.1. The van der Waals surface area contributed by atoms with Crippen molar-refractivity contribution in [3.8, 4) is 0 Å². The number of benzene rings is 2. The van der Waals surface area contributed by atoms with Gasteiger partial charge in [-0.2, -0.15) is 0 Å². The number of thioether (sulfide) groups is 1. The Balaban J connectivity index is 1.96. The van der Waals surface area contributed by atoms with E-state index in [4.69, 9.17) is 0 Å². The van der Waals surface area contributed by atoms with E-state index in [1.807, 2.05) is 19.2 Å². The number of hydrogen-bond donors (Lipinski definition) is 1. The molecule has 1 unspecified atom stereocenters. The molecule has 0 aliphatic heterocycles. The van der Waals surface area contributed by atoms with E-state index in [0.29, 0.717) is 22.6 Å². The van der Waals surface area contributed by atoms with Crippen molar-refractivity contribution >= 4 is 11.8 Å². The van der Waals surface area contributed by atoms with Crippen LogP contribution in [0.25, 0.3) is 0 Å². The molecule has 1 N–H and O–H groups in total. The van der Waals surface area contributed by atoms with Gasteiger partial charge in [-0.25, -0.2) is 8.78 Å². The molecular weight excluding hydrogens is 276 g/mol. The van der Waals surface area contributed by atoms with Gasteiger partial charge in [0.2, 0.25) is 0 Å². The summed E-state index contributed by atoms with van der Waals surface area (Å²) in [6, 6.07) is 13.6. The fourth-order valence-corrected chi connectivity index (χ4v) is 2.97. The Morgan fingerprint density at radius 2 is 1.65 bits per heavy atom. The van der Waals surface area contributed by atoms with E-state index in [1.54, 1.807) is 24.3 Å².